The Morgan fingerprint density at radius 1 is 1.41 bits per heavy atom. The summed E-state index contributed by atoms with van der Waals surface area (Å²) in [6.45, 7) is 0.446. The number of carboxylic acids is 1. The average molecular weight is 232 g/mol. The van der Waals surface area contributed by atoms with E-state index in [-0.39, 0.29) is 11.4 Å². The van der Waals surface area contributed by atoms with Crippen molar-refractivity contribution in [3.63, 3.8) is 0 Å². The Kier molecular flexibility index (Phi) is 4.70. The van der Waals surface area contributed by atoms with E-state index >= 15 is 0 Å². The van der Waals surface area contributed by atoms with E-state index in [0.29, 0.717) is 19.4 Å². The van der Waals surface area contributed by atoms with Gasteiger partial charge >= 0.3 is 5.97 Å². The molecule has 0 aliphatic carbocycles. The Morgan fingerprint density at radius 3 is 2.76 bits per heavy atom. The first-order chi connectivity index (χ1) is 8.15. The van der Waals surface area contributed by atoms with Crippen LogP contribution >= 0.6 is 0 Å². The molecule has 88 valence electrons. The molecule has 0 saturated carbocycles. The molecule has 0 unspecified atom stereocenters. The molecule has 0 aliphatic rings. The van der Waals surface area contributed by atoms with E-state index in [1.807, 2.05) is 0 Å². The highest BCUT2D eigenvalue weighted by atomic mass is 16.4. The van der Waals surface area contributed by atoms with Crippen LogP contribution in [0.1, 0.15) is 33.8 Å². The molecule has 0 aliphatic heterocycles. The monoisotopic (exact) mass is 232 g/mol. The van der Waals surface area contributed by atoms with Crippen molar-refractivity contribution < 1.29 is 14.7 Å². The molecule has 0 fully saturated rings. The van der Waals surface area contributed by atoms with Gasteiger partial charge in [0.05, 0.1) is 0 Å². The van der Waals surface area contributed by atoms with E-state index < -0.39 is 11.9 Å². The third-order valence-electron chi connectivity index (χ3n) is 1.98. The van der Waals surface area contributed by atoms with Crippen LogP contribution in [-0.4, -0.2) is 28.5 Å². The van der Waals surface area contributed by atoms with E-state index in [4.69, 9.17) is 11.5 Å². The van der Waals surface area contributed by atoms with E-state index in [0.717, 1.165) is 0 Å². The van der Waals surface area contributed by atoms with E-state index in [9.17, 15) is 9.59 Å². The average Bonchev–Trinajstić information content (AvgIpc) is 2.34. The maximum Gasteiger partial charge on any atom is 0.354 e. The summed E-state index contributed by atoms with van der Waals surface area (Å²) in [5, 5.41) is 11.3. The zero-order valence-corrected chi connectivity index (χ0v) is 9.14. The van der Waals surface area contributed by atoms with Gasteiger partial charge in [0, 0.05) is 13.0 Å². The lowest BCUT2D eigenvalue weighted by molar-refractivity contribution is 0.0690. The number of aromatic carboxylic acids is 1. The molecule has 0 radical (unpaired) electrons. The fourth-order valence-corrected chi connectivity index (χ4v) is 1.16. The third kappa shape index (κ3) is 3.95. The van der Waals surface area contributed by atoms with Crippen molar-refractivity contribution in [3.05, 3.63) is 29.6 Å². The number of carbonyl (C=O) groups is 2. The van der Waals surface area contributed by atoms with Gasteiger partial charge in [0.15, 0.2) is 0 Å². The molecule has 2 N–H and O–H groups in total. The zero-order valence-electron chi connectivity index (χ0n) is 9.14. The Morgan fingerprint density at radius 2 is 2.12 bits per heavy atom. The summed E-state index contributed by atoms with van der Waals surface area (Å²) in [7, 11) is 0. The van der Waals surface area contributed by atoms with Crippen molar-refractivity contribution in [2.24, 2.45) is 0 Å². The van der Waals surface area contributed by atoms with E-state index in [1.54, 1.807) is 0 Å². The molecule has 0 saturated heterocycles. The molecule has 1 amide bonds. The number of nitrogens with zero attached hydrogens (tertiary/aromatic N) is 1. The summed E-state index contributed by atoms with van der Waals surface area (Å²) in [4.78, 5) is 25.9. The maximum atomic E-state index is 11.6. The molecule has 1 aromatic rings. The molecule has 5 nitrogen and oxygen atoms in total. The van der Waals surface area contributed by atoms with Gasteiger partial charge < -0.3 is 10.4 Å². The minimum absolute atomic E-state index is 0.0885. The number of carboxylic acid groups (broad SMARTS) is 1. The number of hydrogen-bond donors (Lipinski definition) is 2. The lowest BCUT2D eigenvalue weighted by Gasteiger charge is -2.03. The number of unbranched alkanes of at least 4 members (excludes halogenated alkanes) is 1. The van der Waals surface area contributed by atoms with E-state index in [2.05, 4.69) is 16.2 Å². The maximum absolute atomic E-state index is 11.6. The van der Waals surface area contributed by atoms with Gasteiger partial charge in [-0.2, -0.15) is 0 Å². The number of hydrogen-bond acceptors (Lipinski definition) is 3. The summed E-state index contributed by atoms with van der Waals surface area (Å²) in [6, 6.07) is 4.27. The van der Waals surface area contributed by atoms with Gasteiger partial charge in [-0.15, -0.1) is 12.3 Å². The van der Waals surface area contributed by atoms with Gasteiger partial charge in [0.25, 0.3) is 5.91 Å². The van der Waals surface area contributed by atoms with Gasteiger partial charge in [-0.1, -0.05) is 6.07 Å². The number of terminal acetylenes is 1. The number of pyridine rings is 1. The molecule has 1 heterocycles. The van der Waals surface area contributed by atoms with Gasteiger partial charge in [0.1, 0.15) is 11.4 Å². The van der Waals surface area contributed by atoms with Crippen molar-refractivity contribution in [3.8, 4) is 12.3 Å². The summed E-state index contributed by atoms with van der Waals surface area (Å²) in [6.07, 6.45) is 6.34. The SMILES string of the molecule is C#CCCCNC(=O)c1cccc(C(=O)O)n1. The molecule has 5 heteroatoms. The Balaban J connectivity index is 2.60. The lowest BCUT2D eigenvalue weighted by atomic mass is 10.2. The van der Waals surface area contributed by atoms with Gasteiger partial charge in [0.2, 0.25) is 0 Å². The minimum Gasteiger partial charge on any atom is -0.477 e. The lowest BCUT2D eigenvalue weighted by Crippen LogP contribution is -2.25. The van der Waals surface area contributed by atoms with Crippen LogP contribution in [0.25, 0.3) is 0 Å². The van der Waals surface area contributed by atoms with Crippen LogP contribution in [0.2, 0.25) is 0 Å². The summed E-state index contributed by atoms with van der Waals surface area (Å²) >= 11 is 0. The Bertz CT molecular complexity index is 463. The van der Waals surface area contributed by atoms with Gasteiger partial charge in [-0.25, -0.2) is 9.78 Å². The van der Waals surface area contributed by atoms with Crippen LogP contribution in [0, 0.1) is 12.3 Å². The topological polar surface area (TPSA) is 79.3 Å². The molecule has 1 rings (SSSR count). The van der Waals surface area contributed by atoms with Gasteiger partial charge in [-0.05, 0) is 18.6 Å². The first-order valence-corrected chi connectivity index (χ1v) is 5.07. The molecule has 1 aromatic heterocycles. The van der Waals surface area contributed by atoms with Crippen molar-refractivity contribution in [1.29, 1.82) is 0 Å². The highest BCUT2D eigenvalue weighted by molar-refractivity contribution is 5.94. The predicted molar refractivity (Wildman–Crippen MR) is 61.6 cm³/mol. The molecule has 0 spiro atoms. The van der Waals surface area contributed by atoms with Crippen LogP contribution in [0.5, 0.6) is 0 Å². The first kappa shape index (κ1) is 12.7. The van der Waals surface area contributed by atoms with Crippen molar-refractivity contribution in [2.45, 2.75) is 12.8 Å². The van der Waals surface area contributed by atoms with E-state index in [1.165, 1.54) is 18.2 Å². The van der Waals surface area contributed by atoms with Crippen LogP contribution in [-0.2, 0) is 0 Å². The number of nitrogens with one attached hydrogen (secondary N) is 1. The second-order valence-electron chi connectivity index (χ2n) is 3.28. The zero-order chi connectivity index (χ0) is 12.7. The van der Waals surface area contributed by atoms with Gasteiger partial charge in [-0.3, -0.25) is 4.79 Å². The Labute approximate surface area is 98.9 Å². The number of rotatable bonds is 5. The molecular formula is C12H12N2O3. The molecule has 0 bridgehead atoms. The smallest absolute Gasteiger partial charge is 0.354 e. The van der Waals surface area contributed by atoms with Crippen molar-refractivity contribution >= 4 is 11.9 Å². The number of aromatic nitrogens is 1. The highest BCUT2D eigenvalue weighted by Gasteiger charge is 2.10. The standard InChI is InChI=1S/C12H12N2O3/c1-2-3-4-8-13-11(15)9-6-5-7-10(14-9)12(16)17/h1,5-7H,3-4,8H2,(H,13,15)(H,16,17). The van der Waals surface area contributed by atoms with Crippen molar-refractivity contribution in [2.75, 3.05) is 6.54 Å². The number of amides is 1. The molecule has 0 atom stereocenters. The predicted octanol–water partition coefficient (Wildman–Crippen LogP) is 0.923. The highest BCUT2D eigenvalue weighted by Crippen LogP contribution is 1.99. The third-order valence-corrected chi connectivity index (χ3v) is 1.98. The quantitative estimate of drug-likeness (QED) is 0.584. The molecular weight excluding hydrogens is 220 g/mol. The van der Waals surface area contributed by atoms with Crippen LogP contribution in [0.15, 0.2) is 18.2 Å². The van der Waals surface area contributed by atoms with Crippen molar-refractivity contribution in [1.82, 2.24) is 10.3 Å². The fourth-order valence-electron chi connectivity index (χ4n) is 1.16. The Hall–Kier alpha value is -2.35. The van der Waals surface area contributed by atoms with Crippen LogP contribution in [0.3, 0.4) is 0 Å². The summed E-state index contributed by atoms with van der Waals surface area (Å²) in [5.41, 5.74) is -0.0631. The normalized spacial score (nSPS) is 9.35. The van der Waals surface area contributed by atoms with Crippen LogP contribution in [0.4, 0.5) is 0 Å². The largest absolute Gasteiger partial charge is 0.477 e. The fraction of sp³-hybridized carbons (Fsp3) is 0.250. The first-order valence-electron chi connectivity index (χ1n) is 5.07. The minimum atomic E-state index is -1.16. The second kappa shape index (κ2) is 6.28. The number of carbonyl (C=O) groups excluding carboxylic acids is 1. The second-order valence-corrected chi connectivity index (χ2v) is 3.28. The van der Waals surface area contributed by atoms with Crippen LogP contribution < -0.4 is 5.32 Å². The molecule has 17 heavy (non-hydrogen) atoms. The molecule has 0 aromatic carbocycles. The summed E-state index contributed by atoms with van der Waals surface area (Å²) in [5.74, 6) is 0.902. The summed E-state index contributed by atoms with van der Waals surface area (Å²) < 4.78 is 0.